The number of aliphatic imine (C=N–C) groups is 1. The smallest absolute Gasteiger partial charge is 0.241 e. The number of hydrogen-bond donors (Lipinski definition) is 4. The van der Waals surface area contributed by atoms with Gasteiger partial charge < -0.3 is 20.8 Å². The number of nitriles is 1. The third kappa shape index (κ3) is 10.7. The summed E-state index contributed by atoms with van der Waals surface area (Å²) in [6.07, 6.45) is 15.4. The largest absolute Gasteiger partial charge is 0.394 e. The molecule has 0 spiro atoms. The highest BCUT2D eigenvalue weighted by molar-refractivity contribution is 5.83. The van der Waals surface area contributed by atoms with E-state index in [0.717, 1.165) is 16.7 Å². The Morgan fingerprint density at radius 1 is 1.24 bits per heavy atom. The highest BCUT2D eigenvalue weighted by Crippen LogP contribution is 2.19. The van der Waals surface area contributed by atoms with Crippen LogP contribution in [0.3, 0.4) is 0 Å². The molecular weight excluding hydrogens is 464 g/mol. The van der Waals surface area contributed by atoms with Crippen molar-refractivity contribution < 1.29 is 9.63 Å². The number of rotatable bonds is 13. The summed E-state index contributed by atoms with van der Waals surface area (Å²) in [5.41, 5.74) is 5.55. The van der Waals surface area contributed by atoms with Crippen LogP contribution in [-0.2, 0) is 9.63 Å². The Bertz CT molecular complexity index is 1080. The zero-order valence-corrected chi connectivity index (χ0v) is 22.1. The maximum atomic E-state index is 13.2. The molecule has 8 nitrogen and oxygen atoms in total. The van der Waals surface area contributed by atoms with Crippen LogP contribution in [-0.4, -0.2) is 45.5 Å². The summed E-state index contributed by atoms with van der Waals surface area (Å²) < 4.78 is 0. The third-order valence-electron chi connectivity index (χ3n) is 5.63. The molecule has 3 unspecified atom stereocenters. The van der Waals surface area contributed by atoms with Crippen LogP contribution in [0.1, 0.15) is 25.5 Å². The highest BCUT2D eigenvalue weighted by atomic mass is 16.6. The number of carbonyl (C=O) groups excluding carboxylic acids is 1. The Morgan fingerprint density at radius 3 is 2.73 bits per heavy atom. The molecule has 1 aliphatic rings. The first kappa shape index (κ1) is 29.3. The van der Waals surface area contributed by atoms with Crippen molar-refractivity contribution in [3.05, 3.63) is 95.8 Å². The lowest BCUT2D eigenvalue weighted by Gasteiger charge is -2.21. The van der Waals surface area contributed by atoms with Crippen molar-refractivity contribution in [2.45, 2.75) is 19.9 Å². The molecule has 8 heteroatoms. The van der Waals surface area contributed by atoms with Crippen molar-refractivity contribution in [2.75, 3.05) is 33.7 Å². The summed E-state index contributed by atoms with van der Waals surface area (Å²) >= 11 is 0. The first-order valence-electron chi connectivity index (χ1n) is 12.4. The molecule has 0 fully saturated rings. The van der Waals surface area contributed by atoms with E-state index in [1.807, 2.05) is 86.1 Å². The third-order valence-corrected chi connectivity index (χ3v) is 5.63. The maximum absolute atomic E-state index is 13.2. The van der Waals surface area contributed by atoms with Crippen LogP contribution in [0, 0.1) is 23.2 Å². The van der Waals surface area contributed by atoms with Crippen LogP contribution in [0.2, 0.25) is 0 Å². The first-order valence-corrected chi connectivity index (χ1v) is 12.4. The van der Waals surface area contributed by atoms with Gasteiger partial charge in [0.2, 0.25) is 11.8 Å². The molecule has 0 bridgehead atoms. The Hall–Kier alpha value is -3.93. The zero-order valence-electron chi connectivity index (χ0n) is 22.1. The molecule has 0 saturated heterocycles. The summed E-state index contributed by atoms with van der Waals surface area (Å²) in [6.45, 7) is 5.31. The number of hydrogen-bond acceptors (Lipinski definition) is 7. The van der Waals surface area contributed by atoms with Gasteiger partial charge in [0.1, 0.15) is 6.04 Å². The fourth-order valence-corrected chi connectivity index (χ4v) is 3.64. The highest BCUT2D eigenvalue weighted by Gasteiger charge is 2.21. The molecule has 196 valence electrons. The van der Waals surface area contributed by atoms with Gasteiger partial charge in [-0.15, -0.1) is 0 Å². The topological polar surface area (TPSA) is 111 Å². The molecule has 1 amide bonds. The quantitative estimate of drug-likeness (QED) is 0.142. The maximum Gasteiger partial charge on any atom is 0.241 e. The lowest BCUT2D eigenvalue weighted by molar-refractivity contribution is -0.123. The van der Waals surface area contributed by atoms with Crippen LogP contribution >= 0.6 is 0 Å². The number of carbonyl (C=O) groups is 1. The molecule has 1 aromatic rings. The minimum absolute atomic E-state index is 0.103. The molecular formula is C29H38N6O2. The SMILES string of the molecule is CN/C=C(\C=C/CNC(=O)C(NCC(C)C1=CC=CC(C#N)C=C1)c1ccccc1)C/N=C(/C)ONC. The van der Waals surface area contributed by atoms with Gasteiger partial charge in [0.15, 0.2) is 0 Å². The summed E-state index contributed by atoms with van der Waals surface area (Å²) in [6, 6.07) is 11.4. The van der Waals surface area contributed by atoms with Crippen LogP contribution in [0.4, 0.5) is 0 Å². The van der Waals surface area contributed by atoms with Gasteiger partial charge in [-0.05, 0) is 22.6 Å². The summed E-state index contributed by atoms with van der Waals surface area (Å²) in [4.78, 5) is 22.7. The van der Waals surface area contributed by atoms with Gasteiger partial charge in [-0.3, -0.25) is 4.79 Å². The summed E-state index contributed by atoms with van der Waals surface area (Å²) in [5.74, 6) is 0.370. The van der Waals surface area contributed by atoms with E-state index in [4.69, 9.17) is 10.1 Å². The zero-order chi connectivity index (χ0) is 26.9. The van der Waals surface area contributed by atoms with Crippen molar-refractivity contribution in [2.24, 2.45) is 16.8 Å². The Morgan fingerprint density at radius 2 is 2.03 bits per heavy atom. The van der Waals surface area contributed by atoms with Crippen LogP contribution in [0.5, 0.6) is 0 Å². The first-order chi connectivity index (χ1) is 18.0. The Kier molecular flexibility index (Phi) is 13.2. The number of nitrogens with one attached hydrogen (secondary N) is 4. The predicted octanol–water partition coefficient (Wildman–Crippen LogP) is 3.49. The van der Waals surface area contributed by atoms with E-state index in [9.17, 15) is 4.79 Å². The van der Waals surface area contributed by atoms with Crippen LogP contribution in [0.15, 0.2) is 95.2 Å². The van der Waals surface area contributed by atoms with Gasteiger partial charge in [-0.25, -0.2) is 4.99 Å². The molecule has 1 aliphatic carbocycles. The van der Waals surface area contributed by atoms with Crippen molar-refractivity contribution in [3.63, 3.8) is 0 Å². The van der Waals surface area contributed by atoms with Gasteiger partial charge in [0.05, 0.1) is 18.5 Å². The number of hydroxylamine groups is 1. The molecule has 0 aromatic heterocycles. The summed E-state index contributed by atoms with van der Waals surface area (Å²) in [7, 11) is 3.50. The molecule has 1 aromatic carbocycles. The fourth-order valence-electron chi connectivity index (χ4n) is 3.64. The predicted molar refractivity (Wildman–Crippen MR) is 149 cm³/mol. The van der Waals surface area contributed by atoms with Crippen molar-refractivity contribution in [1.82, 2.24) is 21.4 Å². The van der Waals surface area contributed by atoms with E-state index >= 15 is 0 Å². The lowest BCUT2D eigenvalue weighted by atomic mass is 9.98. The average Bonchev–Trinajstić information content (AvgIpc) is 3.16. The molecule has 0 aliphatic heterocycles. The molecule has 0 saturated carbocycles. The molecule has 4 N–H and O–H groups in total. The van der Waals surface area contributed by atoms with Gasteiger partial charge >= 0.3 is 0 Å². The number of amides is 1. The van der Waals surface area contributed by atoms with E-state index in [2.05, 4.69) is 39.4 Å². The van der Waals surface area contributed by atoms with Crippen molar-refractivity contribution >= 4 is 11.8 Å². The fraction of sp³-hybridized carbons (Fsp3) is 0.345. The molecule has 0 heterocycles. The number of benzene rings is 1. The molecule has 0 radical (unpaired) electrons. The van der Waals surface area contributed by atoms with Crippen molar-refractivity contribution in [1.29, 1.82) is 5.26 Å². The average molecular weight is 503 g/mol. The Balaban J connectivity index is 2.00. The second kappa shape index (κ2) is 16.7. The number of nitrogens with zero attached hydrogens (tertiary/aromatic N) is 2. The minimum Gasteiger partial charge on any atom is -0.394 e. The molecule has 3 atom stereocenters. The van der Waals surface area contributed by atoms with E-state index in [-0.39, 0.29) is 17.7 Å². The summed E-state index contributed by atoms with van der Waals surface area (Å²) in [5, 5.41) is 18.6. The molecule has 2 rings (SSSR count). The standard InChI is InChI=1S/C29H38N6O2/c1-22(26-14-8-10-24(18-30)15-16-26)19-35-28(27-12-6-5-7-13-27)29(36)33-17-9-11-25(20-31-3)21-34-23(2)37-32-4/h5-16,20,22,24,28,31-32,35H,17,19,21H2,1-4H3,(H,33,36)/b11-9-,25-20+,34-23-. The van der Waals surface area contributed by atoms with E-state index in [1.54, 1.807) is 14.0 Å². The minimum atomic E-state index is -0.493. The van der Waals surface area contributed by atoms with Crippen LogP contribution in [0.25, 0.3) is 0 Å². The van der Waals surface area contributed by atoms with E-state index in [1.165, 1.54) is 0 Å². The van der Waals surface area contributed by atoms with E-state index < -0.39 is 6.04 Å². The monoisotopic (exact) mass is 502 g/mol. The van der Waals surface area contributed by atoms with E-state index in [0.29, 0.717) is 25.5 Å². The van der Waals surface area contributed by atoms with Crippen LogP contribution < -0.4 is 21.4 Å². The number of allylic oxidation sites excluding steroid dienone is 5. The Labute approximate surface area is 220 Å². The van der Waals surface area contributed by atoms with Crippen molar-refractivity contribution in [3.8, 4) is 6.07 Å². The molecule has 37 heavy (non-hydrogen) atoms. The second-order valence-corrected chi connectivity index (χ2v) is 8.52. The van der Waals surface area contributed by atoms with Gasteiger partial charge in [-0.1, -0.05) is 79.8 Å². The normalized spacial score (nSPS) is 17.5. The van der Waals surface area contributed by atoms with Gasteiger partial charge in [-0.2, -0.15) is 10.7 Å². The lowest BCUT2D eigenvalue weighted by Crippen LogP contribution is -2.39. The van der Waals surface area contributed by atoms with Gasteiger partial charge in [0.25, 0.3) is 0 Å². The van der Waals surface area contributed by atoms with Gasteiger partial charge in [0, 0.05) is 40.3 Å². The second-order valence-electron chi connectivity index (χ2n) is 8.52.